The van der Waals surface area contributed by atoms with Crippen molar-refractivity contribution in [1.82, 2.24) is 0 Å². The Morgan fingerprint density at radius 1 is 1.33 bits per heavy atom. The number of aliphatic hydroxyl groups is 2. The van der Waals surface area contributed by atoms with Gasteiger partial charge in [-0.15, -0.1) is 0 Å². The van der Waals surface area contributed by atoms with Crippen molar-refractivity contribution < 1.29 is 14.9 Å². The molecule has 84 valence electrons. The number of benzene rings is 1. The van der Waals surface area contributed by atoms with Crippen LogP contribution in [-0.2, 0) is 0 Å². The van der Waals surface area contributed by atoms with Crippen molar-refractivity contribution >= 4 is 15.9 Å². The first-order chi connectivity index (χ1) is 7.20. The van der Waals surface area contributed by atoms with Crippen LogP contribution in [0.1, 0.15) is 18.1 Å². The molecule has 1 aromatic carbocycles. The van der Waals surface area contributed by atoms with Crippen molar-refractivity contribution in [3.63, 3.8) is 0 Å². The van der Waals surface area contributed by atoms with Gasteiger partial charge < -0.3 is 14.9 Å². The first-order valence-corrected chi connectivity index (χ1v) is 5.88. The minimum atomic E-state index is -0.904. The van der Waals surface area contributed by atoms with Crippen molar-refractivity contribution in [2.75, 3.05) is 12.4 Å². The maximum atomic E-state index is 9.88. The van der Waals surface area contributed by atoms with Crippen LogP contribution in [0.4, 0.5) is 0 Å². The molecule has 2 atom stereocenters. The number of rotatable bonds is 5. The molecular formula is C11H15BrO3. The number of hydrogen-bond acceptors (Lipinski definition) is 3. The van der Waals surface area contributed by atoms with Gasteiger partial charge in [-0.25, -0.2) is 0 Å². The highest BCUT2D eigenvalue weighted by Crippen LogP contribution is 2.27. The quantitative estimate of drug-likeness (QED) is 0.807. The molecule has 2 unspecified atom stereocenters. The molecule has 0 fully saturated rings. The summed E-state index contributed by atoms with van der Waals surface area (Å²) < 4.78 is 5.11. The molecule has 0 bridgehead atoms. The molecule has 4 heteroatoms. The first kappa shape index (κ1) is 12.5. The Balaban J connectivity index is 2.84. The molecule has 0 spiro atoms. The summed E-state index contributed by atoms with van der Waals surface area (Å²) in [5, 5.41) is 20.2. The molecule has 0 aliphatic heterocycles. The third-order valence-corrected chi connectivity index (χ3v) is 2.68. The average Bonchev–Trinajstić information content (AvgIpc) is 2.28. The van der Waals surface area contributed by atoms with E-state index in [1.165, 1.54) is 0 Å². The minimum Gasteiger partial charge on any atom is -0.496 e. The number of hydrogen-bond donors (Lipinski definition) is 2. The topological polar surface area (TPSA) is 49.7 Å². The van der Waals surface area contributed by atoms with Gasteiger partial charge >= 0.3 is 0 Å². The van der Waals surface area contributed by atoms with E-state index in [0.717, 1.165) is 0 Å². The third kappa shape index (κ3) is 3.19. The summed E-state index contributed by atoms with van der Waals surface area (Å²) in [5.41, 5.74) is 0.619. The van der Waals surface area contributed by atoms with Crippen LogP contribution in [0.15, 0.2) is 24.3 Å². The van der Waals surface area contributed by atoms with Crippen molar-refractivity contribution in [2.45, 2.75) is 18.6 Å². The zero-order valence-electron chi connectivity index (χ0n) is 8.56. The normalized spacial score (nSPS) is 14.7. The van der Waals surface area contributed by atoms with Crippen LogP contribution in [0.2, 0.25) is 0 Å². The second kappa shape index (κ2) is 6.10. The van der Waals surface area contributed by atoms with Crippen molar-refractivity contribution in [2.24, 2.45) is 0 Å². The number of ether oxygens (including phenoxy) is 1. The maximum Gasteiger partial charge on any atom is 0.124 e. The number of halogens is 1. The highest BCUT2D eigenvalue weighted by molar-refractivity contribution is 9.09. The molecule has 2 N–H and O–H groups in total. The smallest absolute Gasteiger partial charge is 0.124 e. The molecular weight excluding hydrogens is 260 g/mol. The number of aliphatic hydroxyl groups excluding tert-OH is 2. The van der Waals surface area contributed by atoms with Crippen LogP contribution in [0.5, 0.6) is 5.75 Å². The van der Waals surface area contributed by atoms with E-state index < -0.39 is 12.2 Å². The second-order valence-corrected chi connectivity index (χ2v) is 4.02. The molecule has 0 radical (unpaired) electrons. The van der Waals surface area contributed by atoms with Crippen LogP contribution in [0.25, 0.3) is 0 Å². The molecule has 0 aliphatic rings. The summed E-state index contributed by atoms with van der Waals surface area (Å²) in [6.07, 6.45) is -1.18. The van der Waals surface area contributed by atoms with Gasteiger partial charge in [0.2, 0.25) is 0 Å². The Bertz CT molecular complexity index is 304. The SMILES string of the molecule is COc1ccccc1C(O)C(O)CCBr. The fourth-order valence-corrected chi connectivity index (χ4v) is 1.86. The summed E-state index contributed by atoms with van der Waals surface area (Å²) in [6.45, 7) is 0. The highest BCUT2D eigenvalue weighted by atomic mass is 79.9. The zero-order chi connectivity index (χ0) is 11.3. The fourth-order valence-electron chi connectivity index (χ4n) is 1.39. The van der Waals surface area contributed by atoms with E-state index in [1.807, 2.05) is 12.1 Å². The highest BCUT2D eigenvalue weighted by Gasteiger charge is 2.20. The van der Waals surface area contributed by atoms with E-state index in [4.69, 9.17) is 4.74 Å². The monoisotopic (exact) mass is 274 g/mol. The Morgan fingerprint density at radius 3 is 2.60 bits per heavy atom. The van der Waals surface area contributed by atoms with Crippen molar-refractivity contribution in [3.8, 4) is 5.75 Å². The molecule has 15 heavy (non-hydrogen) atoms. The summed E-state index contributed by atoms with van der Waals surface area (Å²) in [6, 6.07) is 7.15. The molecule has 0 saturated heterocycles. The molecule has 0 saturated carbocycles. The van der Waals surface area contributed by atoms with Gasteiger partial charge in [-0.1, -0.05) is 34.1 Å². The van der Waals surface area contributed by atoms with Gasteiger partial charge in [0.05, 0.1) is 13.2 Å². The van der Waals surface area contributed by atoms with Crippen molar-refractivity contribution in [1.29, 1.82) is 0 Å². The zero-order valence-corrected chi connectivity index (χ0v) is 10.1. The molecule has 0 amide bonds. The lowest BCUT2D eigenvalue weighted by molar-refractivity contribution is 0.0160. The van der Waals surface area contributed by atoms with Gasteiger partial charge in [0.1, 0.15) is 11.9 Å². The van der Waals surface area contributed by atoms with E-state index in [2.05, 4.69) is 15.9 Å². The molecule has 0 aromatic heterocycles. The summed E-state index contributed by atoms with van der Waals surface area (Å²) in [7, 11) is 1.54. The standard InChI is InChI=1S/C11H15BrO3/c1-15-10-5-3-2-4-8(10)11(14)9(13)6-7-12/h2-5,9,11,13-14H,6-7H2,1H3. The van der Waals surface area contributed by atoms with E-state index in [0.29, 0.717) is 23.1 Å². The lowest BCUT2D eigenvalue weighted by atomic mass is 10.0. The Morgan fingerprint density at radius 2 is 2.00 bits per heavy atom. The van der Waals surface area contributed by atoms with Crippen LogP contribution >= 0.6 is 15.9 Å². The number of methoxy groups -OCH3 is 1. The fraction of sp³-hybridized carbons (Fsp3) is 0.455. The van der Waals surface area contributed by atoms with Gasteiger partial charge in [-0.3, -0.25) is 0 Å². The molecule has 1 rings (SSSR count). The molecule has 3 nitrogen and oxygen atoms in total. The minimum absolute atomic E-state index is 0.499. The Hall–Kier alpha value is -0.580. The van der Waals surface area contributed by atoms with Gasteiger partial charge in [0, 0.05) is 10.9 Å². The number of alkyl halides is 1. The van der Waals surface area contributed by atoms with Gasteiger partial charge in [0.25, 0.3) is 0 Å². The molecule has 0 aliphatic carbocycles. The van der Waals surface area contributed by atoms with Crippen LogP contribution in [0, 0.1) is 0 Å². The number of para-hydroxylation sites is 1. The first-order valence-electron chi connectivity index (χ1n) is 4.75. The second-order valence-electron chi connectivity index (χ2n) is 3.23. The van der Waals surface area contributed by atoms with E-state index in [-0.39, 0.29) is 0 Å². The van der Waals surface area contributed by atoms with E-state index in [9.17, 15) is 10.2 Å². The maximum absolute atomic E-state index is 9.88. The largest absolute Gasteiger partial charge is 0.496 e. The average molecular weight is 275 g/mol. The predicted molar refractivity (Wildman–Crippen MR) is 62.4 cm³/mol. The lowest BCUT2D eigenvalue weighted by Crippen LogP contribution is -2.19. The van der Waals surface area contributed by atoms with E-state index >= 15 is 0 Å². The van der Waals surface area contributed by atoms with E-state index in [1.54, 1.807) is 19.2 Å². The van der Waals surface area contributed by atoms with Crippen LogP contribution in [-0.4, -0.2) is 28.8 Å². The summed E-state index contributed by atoms with van der Waals surface area (Å²) >= 11 is 3.22. The third-order valence-electron chi connectivity index (χ3n) is 2.23. The molecule has 1 aromatic rings. The lowest BCUT2D eigenvalue weighted by Gasteiger charge is -2.19. The van der Waals surface area contributed by atoms with Crippen molar-refractivity contribution in [3.05, 3.63) is 29.8 Å². The van der Waals surface area contributed by atoms with Crippen LogP contribution in [0.3, 0.4) is 0 Å². The summed E-state index contributed by atoms with van der Waals surface area (Å²) in [5.74, 6) is 0.596. The predicted octanol–water partition coefficient (Wildman–Crippen LogP) is 1.87. The Kier molecular flexibility index (Phi) is 5.08. The summed E-state index contributed by atoms with van der Waals surface area (Å²) in [4.78, 5) is 0. The van der Waals surface area contributed by atoms with Gasteiger partial charge in [0.15, 0.2) is 0 Å². The van der Waals surface area contributed by atoms with Gasteiger partial charge in [-0.05, 0) is 12.5 Å². The van der Waals surface area contributed by atoms with Crippen LogP contribution < -0.4 is 4.74 Å². The Labute approximate surface area is 97.8 Å². The molecule has 0 heterocycles. The van der Waals surface area contributed by atoms with Gasteiger partial charge in [-0.2, -0.15) is 0 Å².